The molecule has 1 N–H and O–H groups in total. The maximum atomic E-state index is 11.0. The fraction of sp³-hybridized carbons (Fsp3) is 0.111. The van der Waals surface area contributed by atoms with E-state index in [2.05, 4.69) is 10.0 Å². The van der Waals surface area contributed by atoms with Gasteiger partial charge in [-0.3, -0.25) is 4.55 Å². The van der Waals surface area contributed by atoms with Gasteiger partial charge in [0.25, 0.3) is 10.1 Å². The van der Waals surface area contributed by atoms with Gasteiger partial charge in [-0.25, -0.2) is 0 Å². The molecule has 0 atom stereocenters. The summed E-state index contributed by atoms with van der Waals surface area (Å²) in [6.07, 6.45) is 2.97. The van der Waals surface area contributed by atoms with E-state index < -0.39 is 10.1 Å². The number of benzene rings is 1. The van der Waals surface area contributed by atoms with Crippen LogP contribution in [0.4, 0.5) is 0 Å². The Kier molecular flexibility index (Phi) is 4.07. The minimum absolute atomic E-state index is 0.121. The first kappa shape index (κ1) is 12.3. The Labute approximate surface area is 92.6 Å². The van der Waals surface area contributed by atoms with Gasteiger partial charge in [0.05, 0.1) is 0 Å². The molecule has 1 rings (SSSR count). The summed E-state index contributed by atoms with van der Waals surface area (Å²) in [5, 5.41) is 3.26. The molecule has 84 valence electrons. The Balaban J connectivity index is 3.05. The van der Waals surface area contributed by atoms with Gasteiger partial charge in [-0.15, -0.1) is 0 Å². The monoisotopic (exact) mass is 239 g/mol. The molecular formula is C9H9N3O3S. The molecule has 0 aliphatic carbocycles. The molecule has 0 heterocycles. The Morgan fingerprint density at radius 1 is 1.44 bits per heavy atom. The van der Waals surface area contributed by atoms with Gasteiger partial charge in [-0.05, 0) is 17.2 Å². The fourth-order valence-corrected chi connectivity index (χ4v) is 1.80. The molecule has 6 nitrogen and oxygen atoms in total. The predicted molar refractivity (Wildman–Crippen MR) is 59.3 cm³/mol. The van der Waals surface area contributed by atoms with Gasteiger partial charge in [0.1, 0.15) is 4.90 Å². The van der Waals surface area contributed by atoms with Crippen molar-refractivity contribution in [3.05, 3.63) is 46.3 Å². The highest BCUT2D eigenvalue weighted by Gasteiger charge is 2.12. The molecule has 0 amide bonds. The maximum absolute atomic E-state index is 11.0. The van der Waals surface area contributed by atoms with Gasteiger partial charge in [-0.2, -0.15) is 8.42 Å². The fourth-order valence-electron chi connectivity index (χ4n) is 1.12. The van der Waals surface area contributed by atoms with E-state index in [1.165, 1.54) is 30.4 Å². The molecule has 0 saturated carbocycles. The van der Waals surface area contributed by atoms with E-state index in [-0.39, 0.29) is 11.4 Å². The van der Waals surface area contributed by atoms with Gasteiger partial charge >= 0.3 is 0 Å². The zero-order valence-electron chi connectivity index (χ0n) is 8.18. The molecule has 0 radical (unpaired) electrons. The number of hydrogen-bond acceptors (Lipinski definition) is 3. The molecule has 1 aromatic rings. The average Bonchev–Trinajstić information content (AvgIpc) is 2.24. The molecule has 16 heavy (non-hydrogen) atoms. The second-order valence-corrected chi connectivity index (χ2v) is 4.22. The molecule has 0 aliphatic rings. The predicted octanol–water partition coefficient (Wildman–Crippen LogP) is 2.26. The molecule has 0 saturated heterocycles. The van der Waals surface area contributed by atoms with Crippen molar-refractivity contribution in [2.45, 2.75) is 4.90 Å². The molecule has 0 aromatic heterocycles. The number of hydrogen-bond donors (Lipinski definition) is 1. The lowest BCUT2D eigenvalue weighted by Gasteiger charge is -2.01. The van der Waals surface area contributed by atoms with Crippen LogP contribution in [0.5, 0.6) is 0 Å². The Hall–Kier alpha value is -1.82. The summed E-state index contributed by atoms with van der Waals surface area (Å²) < 4.78 is 30.9. The average molecular weight is 239 g/mol. The van der Waals surface area contributed by atoms with Crippen LogP contribution in [0.25, 0.3) is 16.5 Å². The third-order valence-electron chi connectivity index (χ3n) is 1.74. The van der Waals surface area contributed by atoms with Gasteiger partial charge in [0.15, 0.2) is 0 Å². The van der Waals surface area contributed by atoms with E-state index in [4.69, 9.17) is 10.1 Å². The van der Waals surface area contributed by atoms with Crippen molar-refractivity contribution in [3.63, 3.8) is 0 Å². The lowest BCUT2D eigenvalue weighted by Crippen LogP contribution is -2.00. The second-order valence-electron chi connectivity index (χ2n) is 2.83. The number of nitrogens with zero attached hydrogens (tertiary/aromatic N) is 3. The summed E-state index contributed by atoms with van der Waals surface area (Å²) >= 11 is 0. The van der Waals surface area contributed by atoms with E-state index in [0.29, 0.717) is 5.56 Å². The number of azide groups is 1. The van der Waals surface area contributed by atoms with Crippen molar-refractivity contribution in [1.29, 1.82) is 0 Å². The standard InChI is InChI=1S/C9H9N3O3S/c10-12-11-7-3-5-8-4-1-2-6-9(8)16(13,14)15/h1-6H,7H2,(H,13,14,15). The first-order valence-electron chi connectivity index (χ1n) is 4.29. The van der Waals surface area contributed by atoms with E-state index >= 15 is 0 Å². The molecular weight excluding hydrogens is 230 g/mol. The van der Waals surface area contributed by atoms with Crippen LogP contribution >= 0.6 is 0 Å². The van der Waals surface area contributed by atoms with Crippen LogP contribution in [0.1, 0.15) is 5.56 Å². The first-order valence-corrected chi connectivity index (χ1v) is 5.73. The highest BCUT2D eigenvalue weighted by atomic mass is 32.2. The van der Waals surface area contributed by atoms with Crippen molar-refractivity contribution in [2.24, 2.45) is 5.11 Å². The third kappa shape index (κ3) is 3.39. The minimum atomic E-state index is -4.23. The van der Waals surface area contributed by atoms with Crippen LogP contribution in [0.15, 0.2) is 40.4 Å². The summed E-state index contributed by atoms with van der Waals surface area (Å²) in [6.45, 7) is 0.121. The minimum Gasteiger partial charge on any atom is -0.282 e. The molecule has 1 aromatic carbocycles. The second kappa shape index (κ2) is 5.32. The summed E-state index contributed by atoms with van der Waals surface area (Å²) in [4.78, 5) is 2.37. The Bertz CT molecular complexity index is 545. The third-order valence-corrected chi connectivity index (χ3v) is 2.67. The van der Waals surface area contributed by atoms with Crippen molar-refractivity contribution in [2.75, 3.05) is 6.54 Å². The SMILES string of the molecule is [N-]=[N+]=NCC=Cc1ccccc1S(=O)(=O)O. The van der Waals surface area contributed by atoms with E-state index in [9.17, 15) is 8.42 Å². The van der Waals surface area contributed by atoms with E-state index in [1.807, 2.05) is 0 Å². The van der Waals surface area contributed by atoms with Crippen LogP contribution in [-0.2, 0) is 10.1 Å². The summed E-state index contributed by atoms with van der Waals surface area (Å²) in [7, 11) is -4.23. The topological polar surface area (TPSA) is 103 Å². The molecule has 0 aliphatic heterocycles. The normalized spacial score (nSPS) is 11.3. The Morgan fingerprint density at radius 3 is 2.75 bits per heavy atom. The lowest BCUT2D eigenvalue weighted by atomic mass is 10.2. The highest BCUT2D eigenvalue weighted by molar-refractivity contribution is 7.85. The Morgan fingerprint density at radius 2 is 2.12 bits per heavy atom. The zero-order valence-corrected chi connectivity index (χ0v) is 9.00. The molecule has 0 unspecified atom stereocenters. The molecule has 0 fully saturated rings. The summed E-state index contributed by atoms with van der Waals surface area (Å²) in [5.41, 5.74) is 8.38. The summed E-state index contributed by atoms with van der Waals surface area (Å²) in [5.74, 6) is 0. The van der Waals surface area contributed by atoms with E-state index in [1.54, 1.807) is 6.07 Å². The van der Waals surface area contributed by atoms with Crippen LogP contribution in [0, 0.1) is 0 Å². The van der Waals surface area contributed by atoms with Crippen molar-refractivity contribution >= 4 is 16.2 Å². The largest absolute Gasteiger partial charge is 0.295 e. The van der Waals surface area contributed by atoms with Crippen LogP contribution in [0.2, 0.25) is 0 Å². The van der Waals surface area contributed by atoms with Gasteiger partial charge < -0.3 is 0 Å². The van der Waals surface area contributed by atoms with Crippen LogP contribution in [-0.4, -0.2) is 19.5 Å². The molecule has 0 bridgehead atoms. The van der Waals surface area contributed by atoms with Crippen molar-refractivity contribution < 1.29 is 13.0 Å². The molecule has 0 spiro atoms. The van der Waals surface area contributed by atoms with Crippen LogP contribution < -0.4 is 0 Å². The quantitative estimate of drug-likeness (QED) is 0.377. The van der Waals surface area contributed by atoms with Crippen LogP contribution in [0.3, 0.4) is 0 Å². The smallest absolute Gasteiger partial charge is 0.282 e. The number of rotatable bonds is 4. The van der Waals surface area contributed by atoms with Gasteiger partial charge in [-0.1, -0.05) is 35.5 Å². The zero-order chi connectivity index (χ0) is 12.0. The molecule has 7 heteroatoms. The van der Waals surface area contributed by atoms with Crippen molar-refractivity contribution in [3.8, 4) is 0 Å². The first-order chi connectivity index (χ1) is 7.55. The van der Waals surface area contributed by atoms with Gasteiger partial charge in [0.2, 0.25) is 0 Å². The van der Waals surface area contributed by atoms with Gasteiger partial charge in [0, 0.05) is 11.5 Å². The summed E-state index contributed by atoms with van der Waals surface area (Å²) in [6, 6.07) is 5.98. The highest BCUT2D eigenvalue weighted by Crippen LogP contribution is 2.16. The van der Waals surface area contributed by atoms with Crippen molar-refractivity contribution in [1.82, 2.24) is 0 Å². The van der Waals surface area contributed by atoms with E-state index in [0.717, 1.165) is 0 Å². The lowest BCUT2D eigenvalue weighted by molar-refractivity contribution is 0.483. The maximum Gasteiger partial charge on any atom is 0.295 e.